The summed E-state index contributed by atoms with van der Waals surface area (Å²) in [6, 6.07) is 5.17. The largest absolute Gasteiger partial charge is 0.355 e. The van der Waals surface area contributed by atoms with E-state index in [-0.39, 0.29) is 30.1 Å². The van der Waals surface area contributed by atoms with E-state index in [0.29, 0.717) is 29.9 Å². The fourth-order valence-electron chi connectivity index (χ4n) is 2.67. The van der Waals surface area contributed by atoms with Crippen molar-refractivity contribution in [2.75, 3.05) is 25.5 Å². The number of hydrogen-bond donors (Lipinski definition) is 2. The number of rotatable bonds is 5. The van der Waals surface area contributed by atoms with Gasteiger partial charge in [-0.25, -0.2) is 0 Å². The van der Waals surface area contributed by atoms with Gasteiger partial charge >= 0.3 is 0 Å². The number of amides is 3. The first-order chi connectivity index (χ1) is 11.0. The molecule has 0 aromatic heterocycles. The fourth-order valence-corrected chi connectivity index (χ4v) is 2.67. The Kier molecular flexibility index (Phi) is 5.16. The maximum atomic E-state index is 12.4. The Morgan fingerprint density at radius 1 is 1.43 bits per heavy atom. The van der Waals surface area contributed by atoms with Crippen LogP contribution in [0, 0.1) is 12.8 Å². The molecule has 23 heavy (non-hydrogen) atoms. The molecule has 6 nitrogen and oxygen atoms in total. The van der Waals surface area contributed by atoms with Crippen LogP contribution in [-0.4, -0.2) is 42.8 Å². The second-order valence-corrected chi connectivity index (χ2v) is 5.53. The second-order valence-electron chi connectivity index (χ2n) is 5.53. The van der Waals surface area contributed by atoms with E-state index in [0.717, 1.165) is 0 Å². The van der Waals surface area contributed by atoms with Crippen molar-refractivity contribution in [2.24, 2.45) is 5.92 Å². The number of nitrogens with one attached hydrogen (secondary N) is 2. The number of anilines is 1. The topological polar surface area (TPSA) is 78.5 Å². The molecule has 1 aliphatic heterocycles. The van der Waals surface area contributed by atoms with E-state index in [4.69, 9.17) is 0 Å². The molecule has 1 atom stereocenters. The molecule has 3 amide bonds. The first-order valence-corrected chi connectivity index (χ1v) is 7.49. The van der Waals surface area contributed by atoms with Gasteiger partial charge in [0.05, 0.1) is 5.92 Å². The van der Waals surface area contributed by atoms with Crippen molar-refractivity contribution in [1.29, 1.82) is 0 Å². The molecule has 1 unspecified atom stereocenters. The van der Waals surface area contributed by atoms with Crippen molar-refractivity contribution in [2.45, 2.75) is 13.3 Å². The SMILES string of the molecule is C=CCN1CC(C(=O)Nc2cccc(C(=O)NC)c2C)CC1=O. The lowest BCUT2D eigenvalue weighted by Gasteiger charge is -2.15. The molecule has 1 aromatic rings. The highest BCUT2D eigenvalue weighted by molar-refractivity contribution is 6.01. The molecule has 1 aromatic carbocycles. The Bertz CT molecular complexity index is 654. The van der Waals surface area contributed by atoms with Gasteiger partial charge in [-0.15, -0.1) is 6.58 Å². The third kappa shape index (κ3) is 3.59. The van der Waals surface area contributed by atoms with Gasteiger partial charge in [-0.3, -0.25) is 14.4 Å². The fraction of sp³-hybridized carbons (Fsp3) is 0.353. The minimum atomic E-state index is -0.384. The van der Waals surface area contributed by atoms with Crippen molar-refractivity contribution < 1.29 is 14.4 Å². The molecular formula is C17H21N3O3. The van der Waals surface area contributed by atoms with Gasteiger partial charge in [-0.1, -0.05) is 12.1 Å². The van der Waals surface area contributed by atoms with Gasteiger partial charge in [0, 0.05) is 37.8 Å². The predicted octanol–water partition coefficient (Wildman–Crippen LogP) is 1.33. The molecule has 0 saturated carbocycles. The lowest BCUT2D eigenvalue weighted by atomic mass is 10.0. The highest BCUT2D eigenvalue weighted by atomic mass is 16.2. The molecule has 122 valence electrons. The third-order valence-corrected chi connectivity index (χ3v) is 4.00. The summed E-state index contributed by atoms with van der Waals surface area (Å²) in [4.78, 5) is 37.6. The molecule has 1 saturated heterocycles. The van der Waals surface area contributed by atoms with E-state index in [1.807, 2.05) is 0 Å². The molecule has 0 aliphatic carbocycles. The Balaban J connectivity index is 2.11. The van der Waals surface area contributed by atoms with E-state index in [9.17, 15) is 14.4 Å². The zero-order valence-corrected chi connectivity index (χ0v) is 13.4. The van der Waals surface area contributed by atoms with E-state index in [1.165, 1.54) is 0 Å². The molecule has 6 heteroatoms. The van der Waals surface area contributed by atoms with E-state index >= 15 is 0 Å². The Morgan fingerprint density at radius 2 is 2.17 bits per heavy atom. The summed E-state index contributed by atoms with van der Waals surface area (Å²) in [5.74, 6) is -0.833. The average molecular weight is 315 g/mol. The number of carbonyl (C=O) groups is 3. The van der Waals surface area contributed by atoms with Crippen LogP contribution in [0.25, 0.3) is 0 Å². The maximum absolute atomic E-state index is 12.4. The van der Waals surface area contributed by atoms with Crippen LogP contribution in [0.2, 0.25) is 0 Å². The number of nitrogens with zero attached hydrogens (tertiary/aromatic N) is 1. The van der Waals surface area contributed by atoms with Crippen LogP contribution in [0.3, 0.4) is 0 Å². The van der Waals surface area contributed by atoms with Crippen LogP contribution in [0.4, 0.5) is 5.69 Å². The van der Waals surface area contributed by atoms with Crippen molar-refractivity contribution in [1.82, 2.24) is 10.2 Å². The van der Waals surface area contributed by atoms with Crippen molar-refractivity contribution >= 4 is 23.4 Å². The molecular weight excluding hydrogens is 294 g/mol. The van der Waals surface area contributed by atoms with Gasteiger partial charge in [0.15, 0.2) is 0 Å². The van der Waals surface area contributed by atoms with E-state index in [2.05, 4.69) is 17.2 Å². The van der Waals surface area contributed by atoms with Gasteiger partial charge < -0.3 is 15.5 Å². The monoisotopic (exact) mass is 315 g/mol. The summed E-state index contributed by atoms with van der Waals surface area (Å²) < 4.78 is 0. The summed E-state index contributed by atoms with van der Waals surface area (Å²) >= 11 is 0. The van der Waals surface area contributed by atoms with Crippen molar-refractivity contribution in [3.63, 3.8) is 0 Å². The smallest absolute Gasteiger partial charge is 0.251 e. The number of hydrogen-bond acceptors (Lipinski definition) is 3. The van der Waals surface area contributed by atoms with Gasteiger partial charge in [-0.2, -0.15) is 0 Å². The standard InChI is InChI=1S/C17H21N3O3/c1-4-8-20-10-12(9-15(20)21)16(22)19-14-7-5-6-13(11(14)2)17(23)18-3/h4-7,12H,1,8-10H2,2-3H3,(H,18,23)(H,19,22). The molecule has 1 fully saturated rings. The molecule has 2 rings (SSSR count). The number of benzene rings is 1. The quantitative estimate of drug-likeness (QED) is 0.805. The summed E-state index contributed by atoms with van der Waals surface area (Å²) in [6.45, 7) is 6.24. The first-order valence-electron chi connectivity index (χ1n) is 7.49. The normalized spacial score (nSPS) is 17.0. The number of carbonyl (C=O) groups excluding carboxylic acids is 3. The highest BCUT2D eigenvalue weighted by Gasteiger charge is 2.33. The third-order valence-electron chi connectivity index (χ3n) is 4.00. The van der Waals surface area contributed by atoms with Gasteiger partial charge in [0.2, 0.25) is 11.8 Å². The molecule has 0 bridgehead atoms. The zero-order valence-electron chi connectivity index (χ0n) is 13.4. The van der Waals surface area contributed by atoms with Crippen LogP contribution in [-0.2, 0) is 9.59 Å². The number of likely N-dealkylation sites (tertiary alicyclic amines) is 1. The van der Waals surface area contributed by atoms with E-state index < -0.39 is 0 Å². The highest BCUT2D eigenvalue weighted by Crippen LogP contribution is 2.23. The van der Waals surface area contributed by atoms with Crippen LogP contribution >= 0.6 is 0 Å². The molecule has 1 aliphatic rings. The maximum Gasteiger partial charge on any atom is 0.251 e. The molecule has 2 N–H and O–H groups in total. The van der Waals surface area contributed by atoms with Gasteiger partial charge in [-0.05, 0) is 24.6 Å². The van der Waals surface area contributed by atoms with E-state index in [1.54, 1.807) is 43.1 Å². The molecule has 0 spiro atoms. The Labute approximate surface area is 135 Å². The zero-order chi connectivity index (χ0) is 17.0. The van der Waals surface area contributed by atoms with Crippen LogP contribution in [0.1, 0.15) is 22.3 Å². The Hall–Kier alpha value is -2.63. The summed E-state index contributed by atoms with van der Waals surface area (Å²) in [6.07, 6.45) is 1.85. The van der Waals surface area contributed by atoms with Crippen LogP contribution < -0.4 is 10.6 Å². The first kappa shape index (κ1) is 16.7. The summed E-state index contributed by atoms with van der Waals surface area (Å²) in [7, 11) is 1.56. The average Bonchev–Trinajstić information content (AvgIpc) is 2.90. The van der Waals surface area contributed by atoms with Gasteiger partial charge in [0.1, 0.15) is 0 Å². The second kappa shape index (κ2) is 7.09. The van der Waals surface area contributed by atoms with Crippen LogP contribution in [0.15, 0.2) is 30.9 Å². The minimum absolute atomic E-state index is 0.0408. The molecule has 1 heterocycles. The van der Waals surface area contributed by atoms with Gasteiger partial charge in [0.25, 0.3) is 5.91 Å². The minimum Gasteiger partial charge on any atom is -0.355 e. The summed E-state index contributed by atoms with van der Waals surface area (Å²) in [5.41, 5.74) is 1.80. The summed E-state index contributed by atoms with van der Waals surface area (Å²) in [5, 5.41) is 5.40. The lowest BCUT2D eigenvalue weighted by Crippen LogP contribution is -2.28. The lowest BCUT2D eigenvalue weighted by molar-refractivity contribution is -0.127. The van der Waals surface area contributed by atoms with Crippen molar-refractivity contribution in [3.8, 4) is 0 Å². The predicted molar refractivity (Wildman–Crippen MR) is 88.1 cm³/mol. The molecule has 0 radical (unpaired) electrons. The van der Waals surface area contributed by atoms with Crippen LogP contribution in [0.5, 0.6) is 0 Å². The van der Waals surface area contributed by atoms with Crippen molar-refractivity contribution in [3.05, 3.63) is 42.0 Å². The Morgan fingerprint density at radius 3 is 2.83 bits per heavy atom.